The third-order valence-electron chi connectivity index (χ3n) is 2.32. The van der Waals surface area contributed by atoms with Crippen molar-refractivity contribution in [1.82, 2.24) is 0 Å². The van der Waals surface area contributed by atoms with Crippen LogP contribution in [0.1, 0.15) is 24.5 Å². The SMILES string of the molecule is O=C(O)C1CCC(c2cc(Cl)sc2Cl)O1. The van der Waals surface area contributed by atoms with Gasteiger partial charge in [0.25, 0.3) is 0 Å². The van der Waals surface area contributed by atoms with E-state index < -0.39 is 12.1 Å². The zero-order valence-electron chi connectivity index (χ0n) is 7.57. The van der Waals surface area contributed by atoms with E-state index >= 15 is 0 Å². The summed E-state index contributed by atoms with van der Waals surface area (Å²) < 4.78 is 6.54. The minimum atomic E-state index is -0.921. The van der Waals surface area contributed by atoms with Crippen LogP contribution >= 0.6 is 34.5 Å². The lowest BCUT2D eigenvalue weighted by Gasteiger charge is -2.09. The van der Waals surface area contributed by atoms with Gasteiger partial charge in [-0.05, 0) is 18.9 Å². The molecule has 6 heteroatoms. The molecule has 2 rings (SSSR count). The van der Waals surface area contributed by atoms with Crippen LogP contribution in [-0.2, 0) is 9.53 Å². The van der Waals surface area contributed by atoms with Crippen LogP contribution in [0.5, 0.6) is 0 Å². The number of aliphatic carboxylic acids is 1. The van der Waals surface area contributed by atoms with E-state index in [1.54, 1.807) is 6.07 Å². The minimum absolute atomic E-state index is 0.234. The van der Waals surface area contributed by atoms with Crippen LogP contribution in [0.15, 0.2) is 6.07 Å². The lowest BCUT2D eigenvalue weighted by molar-refractivity contribution is -0.149. The van der Waals surface area contributed by atoms with Crippen molar-refractivity contribution in [1.29, 1.82) is 0 Å². The highest BCUT2D eigenvalue weighted by atomic mass is 35.5. The second-order valence-corrected chi connectivity index (χ2v) is 5.59. The molecular weight excluding hydrogens is 259 g/mol. The summed E-state index contributed by atoms with van der Waals surface area (Å²) in [4.78, 5) is 10.7. The van der Waals surface area contributed by atoms with Crippen molar-refractivity contribution in [3.05, 3.63) is 20.3 Å². The topological polar surface area (TPSA) is 46.5 Å². The molecule has 1 saturated heterocycles. The summed E-state index contributed by atoms with van der Waals surface area (Å²) in [7, 11) is 0. The molecule has 1 aromatic heterocycles. The third-order valence-corrected chi connectivity index (χ3v) is 3.84. The quantitative estimate of drug-likeness (QED) is 0.893. The van der Waals surface area contributed by atoms with Gasteiger partial charge in [-0.2, -0.15) is 0 Å². The van der Waals surface area contributed by atoms with Crippen molar-refractivity contribution >= 4 is 40.5 Å². The smallest absolute Gasteiger partial charge is 0.332 e. The van der Waals surface area contributed by atoms with Gasteiger partial charge in [-0.15, -0.1) is 11.3 Å². The highest BCUT2D eigenvalue weighted by molar-refractivity contribution is 7.20. The number of thiophene rings is 1. The highest BCUT2D eigenvalue weighted by Crippen LogP contribution is 2.41. The summed E-state index contributed by atoms with van der Waals surface area (Å²) in [5.41, 5.74) is 0.801. The summed E-state index contributed by atoms with van der Waals surface area (Å²) >= 11 is 13.0. The molecule has 0 aliphatic carbocycles. The van der Waals surface area contributed by atoms with Crippen molar-refractivity contribution in [2.45, 2.75) is 25.0 Å². The number of carbonyl (C=O) groups is 1. The van der Waals surface area contributed by atoms with Crippen molar-refractivity contribution in [2.24, 2.45) is 0 Å². The number of hydrogen-bond donors (Lipinski definition) is 1. The maximum absolute atomic E-state index is 10.7. The number of carboxylic acid groups (broad SMARTS) is 1. The Morgan fingerprint density at radius 3 is 2.73 bits per heavy atom. The Hall–Kier alpha value is -0.290. The second-order valence-electron chi connectivity index (χ2n) is 3.31. The standard InChI is InChI=1S/C9H8Cl2O3S/c10-7-3-4(8(11)15-7)5-1-2-6(14-5)9(12)13/h3,5-6H,1-2H2,(H,12,13). The third kappa shape index (κ3) is 2.28. The van der Waals surface area contributed by atoms with Crippen molar-refractivity contribution in [3.63, 3.8) is 0 Å². The molecule has 0 radical (unpaired) electrons. The van der Waals surface area contributed by atoms with Gasteiger partial charge in [-0.3, -0.25) is 0 Å². The van der Waals surface area contributed by atoms with Crippen LogP contribution in [0, 0.1) is 0 Å². The molecule has 1 fully saturated rings. The van der Waals surface area contributed by atoms with E-state index in [-0.39, 0.29) is 6.10 Å². The fourth-order valence-corrected chi connectivity index (χ4v) is 3.18. The monoisotopic (exact) mass is 266 g/mol. The molecule has 3 nitrogen and oxygen atoms in total. The molecule has 0 aromatic carbocycles. The van der Waals surface area contributed by atoms with Gasteiger partial charge >= 0.3 is 5.97 Å². The Balaban J connectivity index is 2.14. The average molecular weight is 267 g/mol. The average Bonchev–Trinajstić information content (AvgIpc) is 2.71. The molecule has 1 aliphatic heterocycles. The van der Waals surface area contributed by atoms with Gasteiger partial charge in [0, 0.05) is 5.56 Å². The molecule has 82 valence electrons. The summed E-state index contributed by atoms with van der Waals surface area (Å²) in [5, 5.41) is 8.77. The first-order chi connectivity index (χ1) is 7.08. The van der Waals surface area contributed by atoms with E-state index in [0.29, 0.717) is 21.5 Å². The van der Waals surface area contributed by atoms with E-state index in [9.17, 15) is 4.79 Å². The van der Waals surface area contributed by atoms with Crippen LogP contribution in [0.3, 0.4) is 0 Å². The zero-order chi connectivity index (χ0) is 11.0. The van der Waals surface area contributed by atoms with E-state index in [1.165, 1.54) is 11.3 Å². The molecule has 0 spiro atoms. The Labute approximate surface area is 101 Å². The molecular formula is C9H8Cl2O3S. The van der Waals surface area contributed by atoms with Crippen molar-refractivity contribution in [3.8, 4) is 0 Å². The van der Waals surface area contributed by atoms with E-state index in [4.69, 9.17) is 33.0 Å². The predicted molar refractivity (Wildman–Crippen MR) is 58.8 cm³/mol. The second kappa shape index (κ2) is 4.29. The molecule has 1 aliphatic rings. The molecule has 15 heavy (non-hydrogen) atoms. The Morgan fingerprint density at radius 1 is 1.53 bits per heavy atom. The van der Waals surface area contributed by atoms with Crippen molar-refractivity contribution in [2.75, 3.05) is 0 Å². The van der Waals surface area contributed by atoms with Crippen LogP contribution in [-0.4, -0.2) is 17.2 Å². The fourth-order valence-electron chi connectivity index (χ4n) is 1.62. The predicted octanol–water partition coefficient (Wildman–Crippen LogP) is 3.36. The van der Waals surface area contributed by atoms with Gasteiger partial charge in [-0.25, -0.2) is 4.79 Å². The zero-order valence-corrected chi connectivity index (χ0v) is 9.90. The summed E-state index contributed by atoms with van der Waals surface area (Å²) in [6, 6.07) is 1.74. The summed E-state index contributed by atoms with van der Waals surface area (Å²) in [6.45, 7) is 0. The first-order valence-electron chi connectivity index (χ1n) is 4.41. The fraction of sp³-hybridized carbons (Fsp3) is 0.444. The number of hydrogen-bond acceptors (Lipinski definition) is 3. The van der Waals surface area contributed by atoms with Crippen LogP contribution < -0.4 is 0 Å². The van der Waals surface area contributed by atoms with Gasteiger partial charge in [0.2, 0.25) is 0 Å². The minimum Gasteiger partial charge on any atom is -0.479 e. The first-order valence-corrected chi connectivity index (χ1v) is 5.98. The molecule has 2 unspecified atom stereocenters. The van der Waals surface area contributed by atoms with Crippen LogP contribution in [0.25, 0.3) is 0 Å². The maximum Gasteiger partial charge on any atom is 0.332 e. The number of rotatable bonds is 2. The van der Waals surface area contributed by atoms with Crippen LogP contribution in [0.4, 0.5) is 0 Å². The Bertz CT molecular complexity index is 391. The maximum atomic E-state index is 10.7. The van der Waals surface area contributed by atoms with E-state index in [2.05, 4.69) is 0 Å². The molecule has 1 aromatic rings. The number of ether oxygens (including phenoxy) is 1. The summed E-state index contributed by atoms with van der Waals surface area (Å²) in [5.74, 6) is -0.921. The van der Waals surface area contributed by atoms with E-state index in [0.717, 1.165) is 5.56 Å². The molecule has 2 heterocycles. The normalized spacial score (nSPS) is 25.7. The molecule has 0 saturated carbocycles. The molecule has 2 atom stereocenters. The Kier molecular flexibility index (Phi) is 3.21. The van der Waals surface area contributed by atoms with Gasteiger partial charge in [0.15, 0.2) is 6.10 Å². The van der Waals surface area contributed by atoms with Gasteiger partial charge < -0.3 is 9.84 Å². The molecule has 0 bridgehead atoms. The number of carboxylic acids is 1. The molecule has 0 amide bonds. The first kappa shape index (κ1) is 11.2. The Morgan fingerprint density at radius 2 is 2.27 bits per heavy atom. The van der Waals surface area contributed by atoms with Gasteiger partial charge in [-0.1, -0.05) is 23.2 Å². The lowest BCUT2D eigenvalue weighted by Crippen LogP contribution is -2.18. The van der Waals surface area contributed by atoms with Gasteiger partial charge in [0.05, 0.1) is 10.4 Å². The van der Waals surface area contributed by atoms with Gasteiger partial charge in [0.1, 0.15) is 4.34 Å². The number of halogens is 2. The van der Waals surface area contributed by atoms with Crippen LogP contribution in [0.2, 0.25) is 8.67 Å². The van der Waals surface area contributed by atoms with Crippen molar-refractivity contribution < 1.29 is 14.6 Å². The van der Waals surface area contributed by atoms with E-state index in [1.807, 2.05) is 0 Å². The summed E-state index contributed by atoms with van der Waals surface area (Å²) in [6.07, 6.45) is 0.236. The lowest BCUT2D eigenvalue weighted by atomic mass is 10.1. The largest absolute Gasteiger partial charge is 0.479 e. The molecule has 1 N–H and O–H groups in total. The highest BCUT2D eigenvalue weighted by Gasteiger charge is 2.33.